The van der Waals surface area contributed by atoms with Gasteiger partial charge in [-0.1, -0.05) is 11.6 Å². The number of anilines is 1. The largest absolute Gasteiger partial charge is 0.388 e. The summed E-state index contributed by atoms with van der Waals surface area (Å²) in [6.45, 7) is -0.338. The minimum absolute atomic E-state index is 0.0303. The molecule has 2 bridgehead atoms. The van der Waals surface area contributed by atoms with Crippen LogP contribution in [0, 0.1) is 29.3 Å². The van der Waals surface area contributed by atoms with Crippen molar-refractivity contribution >= 4 is 43.2 Å². The maximum atomic E-state index is 13.4. The van der Waals surface area contributed by atoms with Crippen molar-refractivity contribution in [2.75, 3.05) is 11.9 Å². The van der Waals surface area contributed by atoms with Crippen LogP contribution in [0.2, 0.25) is 5.02 Å². The standard InChI is InChI=1S/C21H21ClF3N3O6S2/c22-15-2-1-10(20(29)28-13-7-16(23)19(25)17(24)8-13)3-18(15)35(31,32)14-5-11-4-12(6-14)21(11,30)9-27-36(26,33)34/h1-3,7-8,11-12,14,27,30H,4-6,9H2,(H,28,29)(H2,26,33,34). The van der Waals surface area contributed by atoms with Crippen LogP contribution >= 0.6 is 11.6 Å². The van der Waals surface area contributed by atoms with Gasteiger partial charge in [-0.2, -0.15) is 13.1 Å². The monoisotopic (exact) mass is 567 g/mol. The van der Waals surface area contributed by atoms with Crippen LogP contribution in [-0.2, 0) is 20.0 Å². The van der Waals surface area contributed by atoms with E-state index in [1.807, 2.05) is 0 Å². The number of fused-ring (bicyclic) bond motifs is 2. The molecule has 0 radical (unpaired) electrons. The number of rotatable bonds is 7. The Balaban J connectivity index is 1.53. The third-order valence-corrected chi connectivity index (χ3v) is 10.0. The summed E-state index contributed by atoms with van der Waals surface area (Å²) < 4.78 is 91.3. The maximum absolute atomic E-state index is 13.4. The summed E-state index contributed by atoms with van der Waals surface area (Å²) in [6.07, 6.45) is 0.570. The van der Waals surface area contributed by atoms with Gasteiger partial charge in [-0.15, -0.1) is 0 Å². The molecule has 2 unspecified atom stereocenters. The molecule has 9 nitrogen and oxygen atoms in total. The van der Waals surface area contributed by atoms with Gasteiger partial charge >= 0.3 is 0 Å². The molecule has 0 aromatic heterocycles. The second-order valence-corrected chi connectivity index (χ2v) is 13.0. The van der Waals surface area contributed by atoms with Gasteiger partial charge in [0, 0.05) is 29.9 Å². The van der Waals surface area contributed by atoms with Crippen molar-refractivity contribution in [1.82, 2.24) is 4.72 Å². The molecule has 2 aromatic rings. The molecule has 36 heavy (non-hydrogen) atoms. The Morgan fingerprint density at radius 1 is 1.06 bits per heavy atom. The van der Waals surface area contributed by atoms with Crippen molar-refractivity contribution < 1.29 is 39.9 Å². The van der Waals surface area contributed by atoms with E-state index < -0.39 is 66.1 Å². The number of nitrogens with two attached hydrogens (primary N) is 1. The molecular weight excluding hydrogens is 547 g/mol. The zero-order valence-electron chi connectivity index (χ0n) is 18.3. The lowest BCUT2D eigenvalue weighted by Gasteiger charge is -2.58. The van der Waals surface area contributed by atoms with Gasteiger partial charge in [0.05, 0.1) is 20.8 Å². The Morgan fingerprint density at radius 2 is 1.64 bits per heavy atom. The van der Waals surface area contributed by atoms with Crippen LogP contribution in [0.1, 0.15) is 29.6 Å². The molecule has 3 fully saturated rings. The fourth-order valence-corrected chi connectivity index (χ4v) is 7.72. The molecule has 3 saturated carbocycles. The zero-order chi connectivity index (χ0) is 26.6. The normalized spacial score (nSPS) is 25.8. The van der Waals surface area contributed by atoms with E-state index in [0.717, 1.165) is 6.07 Å². The molecule has 0 heterocycles. The third kappa shape index (κ3) is 4.97. The van der Waals surface area contributed by atoms with Crippen LogP contribution in [0.25, 0.3) is 0 Å². The molecule has 5 rings (SSSR count). The first kappa shape index (κ1) is 26.8. The van der Waals surface area contributed by atoms with E-state index in [-0.39, 0.29) is 40.6 Å². The molecular formula is C21H21ClF3N3O6S2. The van der Waals surface area contributed by atoms with Crippen molar-refractivity contribution in [3.05, 3.63) is 58.4 Å². The number of amides is 1. The smallest absolute Gasteiger partial charge is 0.274 e. The number of nitrogens with one attached hydrogen (secondary N) is 2. The van der Waals surface area contributed by atoms with E-state index in [2.05, 4.69) is 10.0 Å². The molecule has 3 aliphatic rings. The Bertz CT molecular complexity index is 1420. The van der Waals surface area contributed by atoms with E-state index >= 15 is 0 Å². The van der Waals surface area contributed by atoms with E-state index in [1.54, 1.807) is 0 Å². The van der Waals surface area contributed by atoms with Gasteiger partial charge in [0.2, 0.25) is 0 Å². The van der Waals surface area contributed by atoms with Crippen LogP contribution in [-0.4, -0.2) is 45.2 Å². The Labute approximate surface area is 209 Å². The predicted octanol–water partition coefficient (Wildman–Crippen LogP) is 2.11. The summed E-state index contributed by atoms with van der Waals surface area (Å²) in [5.74, 6) is -6.65. The fourth-order valence-electron chi connectivity index (χ4n) is 4.89. The number of hydrogen-bond donors (Lipinski definition) is 4. The number of halogens is 4. The van der Waals surface area contributed by atoms with Gasteiger partial charge < -0.3 is 10.4 Å². The van der Waals surface area contributed by atoms with Gasteiger partial charge in [0.1, 0.15) is 0 Å². The average Bonchev–Trinajstić information content (AvgIpc) is 2.80. The summed E-state index contributed by atoms with van der Waals surface area (Å²) in [7, 11) is -8.13. The number of carbonyl (C=O) groups is 1. The van der Waals surface area contributed by atoms with Crippen LogP contribution < -0.4 is 15.2 Å². The molecule has 1 amide bonds. The molecule has 3 aliphatic carbocycles. The third-order valence-electron chi connectivity index (χ3n) is 6.81. The van der Waals surface area contributed by atoms with Crippen molar-refractivity contribution in [3.8, 4) is 0 Å². The van der Waals surface area contributed by atoms with Crippen molar-refractivity contribution in [1.29, 1.82) is 0 Å². The summed E-state index contributed by atoms with van der Waals surface area (Å²) in [6, 6.07) is 4.57. The van der Waals surface area contributed by atoms with E-state index in [1.165, 1.54) is 12.1 Å². The molecule has 2 aromatic carbocycles. The molecule has 0 saturated heterocycles. The van der Waals surface area contributed by atoms with Crippen LogP contribution in [0.5, 0.6) is 0 Å². The lowest BCUT2D eigenvalue weighted by molar-refractivity contribution is -0.170. The molecule has 2 atom stereocenters. The Kier molecular flexibility index (Phi) is 6.90. The van der Waals surface area contributed by atoms with Gasteiger partial charge in [-0.25, -0.2) is 26.7 Å². The molecule has 5 N–H and O–H groups in total. The number of carbonyl (C=O) groups excluding carboxylic acids is 1. The minimum Gasteiger partial charge on any atom is -0.388 e. The number of hydrogen-bond acceptors (Lipinski definition) is 6. The summed E-state index contributed by atoms with van der Waals surface area (Å²) >= 11 is 6.14. The maximum Gasteiger partial charge on any atom is 0.274 e. The first-order valence-electron chi connectivity index (χ1n) is 10.6. The highest BCUT2D eigenvalue weighted by atomic mass is 35.5. The van der Waals surface area contributed by atoms with Crippen LogP contribution in [0.3, 0.4) is 0 Å². The van der Waals surface area contributed by atoms with Crippen molar-refractivity contribution in [3.63, 3.8) is 0 Å². The van der Waals surface area contributed by atoms with E-state index in [0.29, 0.717) is 18.6 Å². The van der Waals surface area contributed by atoms with Gasteiger partial charge in [-0.3, -0.25) is 4.79 Å². The van der Waals surface area contributed by atoms with Gasteiger partial charge in [0.15, 0.2) is 27.3 Å². The first-order chi connectivity index (χ1) is 16.6. The summed E-state index contributed by atoms with van der Waals surface area (Å²) in [5, 5.41) is 16.8. The highest BCUT2D eigenvalue weighted by Crippen LogP contribution is 2.55. The average molecular weight is 568 g/mol. The molecule has 0 spiro atoms. The molecule has 15 heteroatoms. The zero-order valence-corrected chi connectivity index (χ0v) is 20.7. The predicted molar refractivity (Wildman–Crippen MR) is 124 cm³/mol. The SMILES string of the molecule is NS(=O)(=O)NCC1(O)C2CC1CC(S(=O)(=O)c1cc(C(=O)Nc3cc(F)c(F)c(F)c3)ccc1Cl)C2. The second-order valence-electron chi connectivity index (χ2n) is 8.98. The first-order valence-corrected chi connectivity index (χ1v) is 14.1. The second kappa shape index (κ2) is 9.26. The molecule has 196 valence electrons. The number of aliphatic hydroxyl groups is 1. The van der Waals surface area contributed by atoms with Gasteiger partial charge in [0.25, 0.3) is 16.1 Å². The minimum atomic E-state index is -4.09. The van der Waals surface area contributed by atoms with Crippen molar-refractivity contribution in [2.24, 2.45) is 17.0 Å². The lowest BCUT2D eigenvalue weighted by atomic mass is 9.54. The van der Waals surface area contributed by atoms with E-state index in [4.69, 9.17) is 16.7 Å². The topological polar surface area (TPSA) is 156 Å². The van der Waals surface area contributed by atoms with Gasteiger partial charge in [-0.05, 0) is 49.3 Å². The van der Waals surface area contributed by atoms with E-state index in [9.17, 15) is 39.9 Å². The molecule has 0 aliphatic heterocycles. The number of sulfone groups is 1. The summed E-state index contributed by atoms with van der Waals surface area (Å²) in [4.78, 5) is 12.3. The fraction of sp³-hybridized carbons (Fsp3) is 0.381. The van der Waals surface area contributed by atoms with Crippen LogP contribution in [0.15, 0.2) is 35.2 Å². The Morgan fingerprint density at radius 3 is 2.19 bits per heavy atom. The number of benzene rings is 2. The van der Waals surface area contributed by atoms with Crippen LogP contribution in [0.4, 0.5) is 18.9 Å². The quantitative estimate of drug-likeness (QED) is 0.376. The lowest BCUT2D eigenvalue weighted by Crippen LogP contribution is -2.66. The van der Waals surface area contributed by atoms with Crippen molar-refractivity contribution in [2.45, 2.75) is 35.0 Å². The highest BCUT2D eigenvalue weighted by molar-refractivity contribution is 7.92. The summed E-state index contributed by atoms with van der Waals surface area (Å²) in [5.41, 5.74) is -1.99. The Hall–Kier alpha value is -2.23. The highest BCUT2D eigenvalue weighted by Gasteiger charge is 2.60.